The summed E-state index contributed by atoms with van der Waals surface area (Å²) >= 11 is 4.82. The predicted octanol–water partition coefficient (Wildman–Crippen LogP) is 2.99. The highest BCUT2D eigenvalue weighted by molar-refractivity contribution is 9.10. The van der Waals surface area contributed by atoms with Gasteiger partial charge in [0.15, 0.2) is 5.78 Å². The molecular formula is C8H8BrNOS. The molecule has 1 aliphatic rings. The molecule has 0 aliphatic heterocycles. The van der Waals surface area contributed by atoms with E-state index in [1.807, 2.05) is 0 Å². The van der Waals surface area contributed by atoms with Crippen LogP contribution in [0.4, 0.5) is 0 Å². The second-order valence-corrected chi connectivity index (χ2v) is 4.78. The molecule has 12 heavy (non-hydrogen) atoms. The smallest absolute Gasteiger partial charge is 0.172 e. The van der Waals surface area contributed by atoms with Gasteiger partial charge in [0.1, 0.15) is 9.48 Å². The van der Waals surface area contributed by atoms with Gasteiger partial charge in [-0.15, -0.1) is 11.3 Å². The number of hydrogen-bond donors (Lipinski definition) is 0. The van der Waals surface area contributed by atoms with Crippen LogP contribution in [0.5, 0.6) is 0 Å². The molecule has 0 spiro atoms. The number of halogens is 1. The summed E-state index contributed by atoms with van der Waals surface area (Å²) in [5, 5.41) is 1.12. The van der Waals surface area contributed by atoms with Crippen LogP contribution >= 0.6 is 27.3 Å². The molecule has 1 saturated carbocycles. The Bertz CT molecular complexity index is 330. The van der Waals surface area contributed by atoms with Crippen molar-refractivity contribution in [3.05, 3.63) is 14.5 Å². The summed E-state index contributed by atoms with van der Waals surface area (Å²) < 4.78 is 0.724. The molecule has 0 bridgehead atoms. The van der Waals surface area contributed by atoms with Gasteiger partial charge in [0, 0.05) is 12.8 Å². The Morgan fingerprint density at radius 1 is 1.67 bits per heavy atom. The van der Waals surface area contributed by atoms with Gasteiger partial charge < -0.3 is 0 Å². The number of ketones is 1. The third kappa shape index (κ3) is 1.45. The highest BCUT2D eigenvalue weighted by atomic mass is 79.9. The molecular weight excluding hydrogens is 238 g/mol. The molecule has 0 N–H and O–H groups in total. The quantitative estimate of drug-likeness (QED) is 0.751. The Labute approximate surface area is 83.1 Å². The maximum atomic E-state index is 11.1. The highest BCUT2D eigenvalue weighted by Gasteiger charge is 2.28. The molecule has 2 nitrogen and oxygen atoms in total. The minimum absolute atomic E-state index is 0.103. The van der Waals surface area contributed by atoms with E-state index in [0.29, 0.717) is 5.92 Å². The normalized spacial score (nSPS) is 16.5. The van der Waals surface area contributed by atoms with Gasteiger partial charge in [-0.3, -0.25) is 4.79 Å². The number of hydrogen-bond acceptors (Lipinski definition) is 3. The van der Waals surface area contributed by atoms with E-state index in [-0.39, 0.29) is 5.78 Å². The average molecular weight is 246 g/mol. The van der Waals surface area contributed by atoms with Gasteiger partial charge in [-0.25, -0.2) is 4.98 Å². The van der Waals surface area contributed by atoms with Gasteiger partial charge in [-0.05, 0) is 28.8 Å². The number of nitrogens with zero attached hydrogens (tertiary/aromatic N) is 1. The standard InChI is InChI=1S/C8H8BrNOS/c1-4(11)6-7(9)10-8(12-6)5-2-3-5/h5H,2-3H2,1H3. The topological polar surface area (TPSA) is 30.0 Å². The van der Waals surface area contributed by atoms with Crippen molar-refractivity contribution in [1.82, 2.24) is 4.98 Å². The van der Waals surface area contributed by atoms with Gasteiger partial charge in [0.2, 0.25) is 0 Å². The first-order chi connectivity index (χ1) is 5.68. The zero-order chi connectivity index (χ0) is 8.72. The lowest BCUT2D eigenvalue weighted by Crippen LogP contribution is -1.86. The predicted molar refractivity (Wildman–Crippen MR) is 51.8 cm³/mol. The van der Waals surface area contributed by atoms with Gasteiger partial charge in [0.05, 0.1) is 5.01 Å². The molecule has 0 atom stereocenters. The number of Topliss-reactive ketones (excluding diaryl/α,β-unsaturated/α-hetero) is 1. The Morgan fingerprint density at radius 2 is 2.33 bits per heavy atom. The highest BCUT2D eigenvalue weighted by Crippen LogP contribution is 2.43. The van der Waals surface area contributed by atoms with Crippen LogP contribution in [0.2, 0.25) is 0 Å². The second-order valence-electron chi connectivity index (χ2n) is 3.00. The number of carbonyl (C=O) groups excluding carboxylic acids is 1. The minimum atomic E-state index is 0.103. The van der Waals surface area contributed by atoms with Crippen molar-refractivity contribution in [3.63, 3.8) is 0 Å². The second kappa shape index (κ2) is 2.92. The van der Waals surface area contributed by atoms with Crippen LogP contribution in [-0.2, 0) is 0 Å². The summed E-state index contributed by atoms with van der Waals surface area (Å²) in [4.78, 5) is 16.1. The fraction of sp³-hybridized carbons (Fsp3) is 0.500. The van der Waals surface area contributed by atoms with Crippen LogP contribution in [0.1, 0.15) is 40.4 Å². The van der Waals surface area contributed by atoms with Gasteiger partial charge in [-0.1, -0.05) is 0 Å². The zero-order valence-corrected chi connectivity index (χ0v) is 9.04. The van der Waals surface area contributed by atoms with Gasteiger partial charge in [0.25, 0.3) is 0 Å². The van der Waals surface area contributed by atoms with E-state index in [0.717, 1.165) is 14.5 Å². The van der Waals surface area contributed by atoms with Crippen LogP contribution in [0.25, 0.3) is 0 Å². The van der Waals surface area contributed by atoms with Crippen molar-refractivity contribution in [3.8, 4) is 0 Å². The number of rotatable bonds is 2. The fourth-order valence-corrected chi connectivity index (χ4v) is 2.89. The maximum Gasteiger partial charge on any atom is 0.172 e. The molecule has 4 heteroatoms. The lowest BCUT2D eigenvalue weighted by atomic mass is 10.4. The molecule has 1 aromatic rings. The Morgan fingerprint density at radius 3 is 2.75 bits per heavy atom. The molecule has 1 aliphatic carbocycles. The molecule has 0 saturated heterocycles. The summed E-state index contributed by atoms with van der Waals surface area (Å²) in [6.45, 7) is 1.58. The van der Waals surface area contributed by atoms with Gasteiger partial charge in [-0.2, -0.15) is 0 Å². The van der Waals surface area contributed by atoms with Crippen LogP contribution < -0.4 is 0 Å². The van der Waals surface area contributed by atoms with Gasteiger partial charge >= 0.3 is 0 Å². The van der Waals surface area contributed by atoms with Crippen molar-refractivity contribution in [1.29, 1.82) is 0 Å². The Kier molecular flexibility index (Phi) is 2.04. The van der Waals surface area contributed by atoms with Crippen molar-refractivity contribution in [2.45, 2.75) is 25.7 Å². The summed E-state index contributed by atoms with van der Waals surface area (Å²) in [6.07, 6.45) is 2.47. The molecule has 0 unspecified atom stereocenters. The van der Waals surface area contributed by atoms with Crippen molar-refractivity contribution in [2.24, 2.45) is 0 Å². The molecule has 2 rings (SSSR count). The monoisotopic (exact) mass is 245 g/mol. The van der Waals surface area contributed by atoms with Crippen molar-refractivity contribution < 1.29 is 4.79 Å². The molecule has 1 fully saturated rings. The summed E-state index contributed by atoms with van der Waals surface area (Å²) in [7, 11) is 0. The zero-order valence-electron chi connectivity index (χ0n) is 6.63. The van der Waals surface area contributed by atoms with E-state index >= 15 is 0 Å². The summed E-state index contributed by atoms with van der Waals surface area (Å²) in [5.41, 5.74) is 0. The lowest BCUT2D eigenvalue weighted by Gasteiger charge is -1.84. The third-order valence-electron chi connectivity index (χ3n) is 1.85. The van der Waals surface area contributed by atoms with Crippen LogP contribution in [-0.4, -0.2) is 10.8 Å². The Hall–Kier alpha value is -0.220. The van der Waals surface area contributed by atoms with Crippen molar-refractivity contribution in [2.75, 3.05) is 0 Å². The number of carbonyl (C=O) groups is 1. The van der Waals surface area contributed by atoms with Crippen LogP contribution in [0, 0.1) is 0 Å². The van der Waals surface area contributed by atoms with Crippen LogP contribution in [0.3, 0.4) is 0 Å². The molecule has 0 aromatic carbocycles. The maximum absolute atomic E-state index is 11.1. The first-order valence-electron chi connectivity index (χ1n) is 3.85. The van der Waals surface area contributed by atoms with E-state index in [9.17, 15) is 4.79 Å². The van der Waals surface area contributed by atoms with E-state index in [2.05, 4.69) is 20.9 Å². The number of thiazole rings is 1. The van der Waals surface area contributed by atoms with Crippen LogP contribution in [0.15, 0.2) is 4.60 Å². The van der Waals surface area contributed by atoms with E-state index in [1.165, 1.54) is 24.2 Å². The largest absolute Gasteiger partial charge is 0.293 e. The van der Waals surface area contributed by atoms with E-state index < -0.39 is 0 Å². The fourth-order valence-electron chi connectivity index (χ4n) is 1.04. The van der Waals surface area contributed by atoms with Crippen molar-refractivity contribution >= 4 is 33.0 Å². The molecule has 0 amide bonds. The minimum Gasteiger partial charge on any atom is -0.293 e. The lowest BCUT2D eigenvalue weighted by molar-refractivity contribution is 0.102. The summed E-state index contributed by atoms with van der Waals surface area (Å²) in [6, 6.07) is 0. The first kappa shape index (κ1) is 8.38. The Balaban J connectivity index is 2.36. The first-order valence-corrected chi connectivity index (χ1v) is 5.46. The molecule has 1 heterocycles. The third-order valence-corrected chi connectivity index (χ3v) is 4.00. The molecule has 1 aromatic heterocycles. The number of aromatic nitrogens is 1. The molecule has 64 valence electrons. The van der Waals surface area contributed by atoms with E-state index in [4.69, 9.17) is 0 Å². The average Bonchev–Trinajstić information content (AvgIpc) is 2.75. The van der Waals surface area contributed by atoms with E-state index in [1.54, 1.807) is 6.92 Å². The molecule has 0 radical (unpaired) electrons. The SMILES string of the molecule is CC(=O)c1sc(C2CC2)nc1Br. The summed E-state index contributed by atoms with van der Waals surface area (Å²) in [5.74, 6) is 0.741.